The standard InChI is InChI=1S/C25H29N3O3S/c1-31-20-13-11-18(12-14-20)15-16-26-23(29)17-32-25-27-22-10-6-5-9-21(22)24(30)28(25)19-7-3-2-4-8-19/h5-6,9-14,19H,2-4,7-8,15-17H2,1H3,(H,26,29). The highest BCUT2D eigenvalue weighted by Gasteiger charge is 2.22. The Morgan fingerprint density at radius 3 is 2.62 bits per heavy atom. The topological polar surface area (TPSA) is 73.2 Å². The van der Waals surface area contributed by atoms with Crippen LogP contribution >= 0.6 is 11.8 Å². The van der Waals surface area contributed by atoms with Crippen LogP contribution in [-0.2, 0) is 11.2 Å². The van der Waals surface area contributed by atoms with E-state index in [9.17, 15) is 9.59 Å². The van der Waals surface area contributed by atoms with Gasteiger partial charge in [-0.2, -0.15) is 0 Å². The Bertz CT molecular complexity index is 1120. The average Bonchev–Trinajstić information content (AvgIpc) is 2.84. The minimum atomic E-state index is -0.0545. The Morgan fingerprint density at radius 1 is 1.12 bits per heavy atom. The number of benzene rings is 2. The molecule has 6 nitrogen and oxygen atoms in total. The van der Waals surface area contributed by atoms with Crippen molar-refractivity contribution in [2.75, 3.05) is 19.4 Å². The molecule has 1 N–H and O–H groups in total. The van der Waals surface area contributed by atoms with E-state index in [4.69, 9.17) is 9.72 Å². The van der Waals surface area contributed by atoms with E-state index in [0.29, 0.717) is 22.6 Å². The van der Waals surface area contributed by atoms with Gasteiger partial charge in [-0.3, -0.25) is 14.2 Å². The van der Waals surface area contributed by atoms with Crippen molar-refractivity contribution in [3.05, 3.63) is 64.4 Å². The van der Waals surface area contributed by atoms with Gasteiger partial charge in [-0.1, -0.05) is 55.3 Å². The molecule has 4 rings (SSSR count). The van der Waals surface area contributed by atoms with Crippen LogP contribution in [0.4, 0.5) is 0 Å². The predicted molar refractivity (Wildman–Crippen MR) is 129 cm³/mol. The number of amides is 1. The van der Waals surface area contributed by atoms with E-state index in [2.05, 4.69) is 5.32 Å². The highest BCUT2D eigenvalue weighted by atomic mass is 32.2. The molecule has 3 aromatic rings. The lowest BCUT2D eigenvalue weighted by molar-refractivity contribution is -0.118. The van der Waals surface area contributed by atoms with Crippen molar-refractivity contribution in [1.29, 1.82) is 0 Å². The number of para-hydroxylation sites is 1. The number of carbonyl (C=O) groups is 1. The van der Waals surface area contributed by atoms with Crippen LogP contribution < -0.4 is 15.6 Å². The van der Waals surface area contributed by atoms with Crippen molar-refractivity contribution in [3.63, 3.8) is 0 Å². The molecule has 1 fully saturated rings. The first-order valence-corrected chi connectivity index (χ1v) is 12.2. The molecule has 0 bridgehead atoms. The summed E-state index contributed by atoms with van der Waals surface area (Å²) >= 11 is 1.35. The van der Waals surface area contributed by atoms with Gasteiger partial charge in [-0.15, -0.1) is 0 Å². The van der Waals surface area contributed by atoms with Crippen LogP contribution in [0.15, 0.2) is 58.5 Å². The average molecular weight is 452 g/mol. The van der Waals surface area contributed by atoms with Gasteiger partial charge in [0.15, 0.2) is 5.16 Å². The van der Waals surface area contributed by atoms with Crippen LogP contribution in [0.1, 0.15) is 43.7 Å². The van der Waals surface area contributed by atoms with Crippen LogP contribution in [0, 0.1) is 0 Å². The van der Waals surface area contributed by atoms with Gasteiger partial charge < -0.3 is 10.1 Å². The lowest BCUT2D eigenvalue weighted by atomic mass is 9.95. The summed E-state index contributed by atoms with van der Waals surface area (Å²) in [4.78, 5) is 30.5. The second kappa shape index (κ2) is 10.7. The number of fused-ring (bicyclic) bond motifs is 1. The van der Waals surface area contributed by atoms with E-state index in [1.54, 1.807) is 7.11 Å². The van der Waals surface area contributed by atoms with Crippen LogP contribution in [0.5, 0.6) is 5.75 Å². The first-order chi connectivity index (χ1) is 15.7. The molecule has 0 aliphatic heterocycles. The van der Waals surface area contributed by atoms with Crippen LogP contribution in [0.2, 0.25) is 0 Å². The molecule has 0 saturated heterocycles. The van der Waals surface area contributed by atoms with Gasteiger partial charge in [-0.25, -0.2) is 4.98 Å². The largest absolute Gasteiger partial charge is 0.497 e. The van der Waals surface area contributed by atoms with Crippen molar-refractivity contribution < 1.29 is 9.53 Å². The summed E-state index contributed by atoms with van der Waals surface area (Å²) in [7, 11) is 1.64. The van der Waals surface area contributed by atoms with Gasteiger partial charge in [-0.05, 0) is 49.1 Å². The molecule has 1 saturated carbocycles. The van der Waals surface area contributed by atoms with E-state index in [-0.39, 0.29) is 23.3 Å². The maximum atomic E-state index is 13.3. The number of hydrogen-bond donors (Lipinski definition) is 1. The SMILES string of the molecule is COc1ccc(CCNC(=O)CSc2nc3ccccc3c(=O)n2C2CCCCC2)cc1. The van der Waals surface area contributed by atoms with Crippen LogP contribution in [0.3, 0.4) is 0 Å². The fourth-order valence-electron chi connectivity index (χ4n) is 4.21. The molecular formula is C25H29N3O3S. The molecule has 2 aromatic carbocycles. The Hall–Kier alpha value is -2.80. The molecule has 0 spiro atoms. The second-order valence-electron chi connectivity index (χ2n) is 8.12. The summed E-state index contributed by atoms with van der Waals surface area (Å²) in [5, 5.41) is 4.26. The molecule has 32 heavy (non-hydrogen) atoms. The van der Waals surface area contributed by atoms with E-state index < -0.39 is 0 Å². The lowest BCUT2D eigenvalue weighted by Gasteiger charge is -2.26. The zero-order valence-electron chi connectivity index (χ0n) is 18.4. The van der Waals surface area contributed by atoms with Crippen molar-refractivity contribution >= 4 is 28.6 Å². The molecule has 1 heterocycles. The predicted octanol–water partition coefficient (Wildman–Crippen LogP) is 4.36. The van der Waals surface area contributed by atoms with E-state index in [0.717, 1.165) is 43.4 Å². The van der Waals surface area contributed by atoms with Gasteiger partial charge in [0.05, 0.1) is 23.8 Å². The summed E-state index contributed by atoms with van der Waals surface area (Å²) < 4.78 is 7.02. The normalized spacial score (nSPS) is 14.4. The van der Waals surface area contributed by atoms with Gasteiger partial charge in [0.25, 0.3) is 5.56 Å². The number of rotatable bonds is 8. The van der Waals surface area contributed by atoms with Gasteiger partial charge in [0.2, 0.25) is 5.91 Å². The molecule has 1 aromatic heterocycles. The maximum Gasteiger partial charge on any atom is 0.262 e. The summed E-state index contributed by atoms with van der Waals surface area (Å²) in [6, 6.07) is 15.5. The number of hydrogen-bond acceptors (Lipinski definition) is 5. The summed E-state index contributed by atoms with van der Waals surface area (Å²) in [6.07, 6.45) is 6.19. The Kier molecular flexibility index (Phi) is 7.47. The molecule has 0 unspecified atom stereocenters. The third kappa shape index (κ3) is 5.33. The number of nitrogens with zero attached hydrogens (tertiary/aromatic N) is 2. The molecule has 1 amide bonds. The fourth-order valence-corrected chi connectivity index (χ4v) is 5.10. The van der Waals surface area contributed by atoms with Crippen molar-refractivity contribution in [2.45, 2.75) is 49.7 Å². The first-order valence-electron chi connectivity index (χ1n) is 11.2. The van der Waals surface area contributed by atoms with E-state index >= 15 is 0 Å². The zero-order chi connectivity index (χ0) is 22.3. The fraction of sp³-hybridized carbons (Fsp3) is 0.400. The van der Waals surface area contributed by atoms with Gasteiger partial charge >= 0.3 is 0 Å². The Balaban J connectivity index is 1.42. The number of thioether (sulfide) groups is 1. The highest BCUT2D eigenvalue weighted by molar-refractivity contribution is 7.99. The summed E-state index contributed by atoms with van der Waals surface area (Å²) in [6.45, 7) is 0.562. The third-order valence-corrected chi connectivity index (χ3v) is 6.90. The van der Waals surface area contributed by atoms with Crippen molar-refractivity contribution in [3.8, 4) is 5.75 Å². The monoisotopic (exact) mass is 451 g/mol. The van der Waals surface area contributed by atoms with Gasteiger partial charge in [0, 0.05) is 12.6 Å². The Morgan fingerprint density at radius 2 is 1.88 bits per heavy atom. The molecule has 0 atom stereocenters. The molecule has 7 heteroatoms. The molecule has 1 aliphatic rings. The van der Waals surface area contributed by atoms with E-state index in [1.807, 2.05) is 53.1 Å². The number of ether oxygens (including phenoxy) is 1. The zero-order valence-corrected chi connectivity index (χ0v) is 19.2. The third-order valence-electron chi connectivity index (χ3n) is 5.94. The second-order valence-corrected chi connectivity index (χ2v) is 9.06. The van der Waals surface area contributed by atoms with Gasteiger partial charge in [0.1, 0.15) is 5.75 Å². The number of aromatic nitrogens is 2. The highest BCUT2D eigenvalue weighted by Crippen LogP contribution is 2.31. The molecule has 1 aliphatic carbocycles. The summed E-state index contributed by atoms with van der Waals surface area (Å²) in [5.74, 6) is 1.00. The number of nitrogens with one attached hydrogen (secondary N) is 1. The summed E-state index contributed by atoms with van der Waals surface area (Å²) in [5.41, 5.74) is 1.83. The van der Waals surface area contributed by atoms with Crippen LogP contribution in [0.25, 0.3) is 10.9 Å². The number of methoxy groups -OCH3 is 1. The minimum absolute atomic E-state index is 0.00455. The van der Waals surface area contributed by atoms with Crippen LogP contribution in [-0.4, -0.2) is 34.9 Å². The van der Waals surface area contributed by atoms with E-state index in [1.165, 1.54) is 18.2 Å². The minimum Gasteiger partial charge on any atom is -0.497 e. The molecule has 168 valence electrons. The Labute approximate surface area is 192 Å². The van der Waals surface area contributed by atoms with Crippen molar-refractivity contribution in [1.82, 2.24) is 14.9 Å². The van der Waals surface area contributed by atoms with Crippen molar-refractivity contribution in [2.24, 2.45) is 0 Å². The smallest absolute Gasteiger partial charge is 0.262 e. The molecular weight excluding hydrogens is 422 g/mol. The maximum absolute atomic E-state index is 13.3. The molecule has 0 radical (unpaired) electrons. The number of carbonyl (C=O) groups excluding carboxylic acids is 1. The lowest BCUT2D eigenvalue weighted by Crippen LogP contribution is -2.30. The first kappa shape index (κ1) is 22.4. The quantitative estimate of drug-likeness (QED) is 0.407.